The minimum Gasteiger partial charge on any atom is -0.548 e. The number of nitrogens with two attached hydrogens (primary N) is 1. The van der Waals surface area contributed by atoms with Crippen molar-refractivity contribution in [2.45, 2.75) is 125 Å². The maximum Gasteiger partial charge on any atom is 1.00 e. The van der Waals surface area contributed by atoms with E-state index in [1.54, 1.807) is 5.57 Å². The third-order valence-corrected chi connectivity index (χ3v) is 15.4. The van der Waals surface area contributed by atoms with Crippen LogP contribution < -0.4 is 62.2 Å². The largest absolute Gasteiger partial charge is 1.00 e. The molecule has 0 aromatic carbocycles. The quantitative estimate of drug-likeness (QED) is 0.243. The first-order chi connectivity index (χ1) is 19.8. The number of hydrogen-bond acceptors (Lipinski definition) is 7. The summed E-state index contributed by atoms with van der Waals surface area (Å²) in [4.78, 5) is 36.1. The van der Waals surface area contributed by atoms with Gasteiger partial charge in [0.25, 0.3) is 0 Å². The molecule has 44 heavy (non-hydrogen) atoms. The molecule has 5 aliphatic rings. The fourth-order valence-electron chi connectivity index (χ4n) is 11.3. The summed E-state index contributed by atoms with van der Waals surface area (Å²) in [7, 11) is 0. The summed E-state index contributed by atoms with van der Waals surface area (Å²) >= 11 is 1.18. The van der Waals surface area contributed by atoms with E-state index in [4.69, 9.17) is 10.5 Å². The van der Waals surface area contributed by atoms with Gasteiger partial charge < -0.3 is 25.5 Å². The maximum absolute atomic E-state index is 12.8. The van der Waals surface area contributed by atoms with Crippen LogP contribution in [0.5, 0.6) is 0 Å². The predicted molar refractivity (Wildman–Crippen MR) is 167 cm³/mol. The van der Waals surface area contributed by atoms with E-state index in [-0.39, 0.29) is 102 Å². The number of fused-ring (bicyclic) bond motifs is 7. The van der Waals surface area contributed by atoms with Crippen molar-refractivity contribution in [1.29, 1.82) is 0 Å². The maximum atomic E-state index is 12.8. The van der Waals surface area contributed by atoms with Crippen LogP contribution in [0.25, 0.3) is 0 Å². The van der Waals surface area contributed by atoms with Crippen LogP contribution in [0.3, 0.4) is 0 Å². The van der Waals surface area contributed by atoms with E-state index in [1.807, 2.05) is 6.92 Å². The Morgan fingerprint density at radius 2 is 1.66 bits per heavy atom. The van der Waals surface area contributed by atoms with Crippen molar-refractivity contribution in [2.75, 3.05) is 11.5 Å². The van der Waals surface area contributed by atoms with Crippen molar-refractivity contribution in [3.63, 3.8) is 0 Å². The van der Waals surface area contributed by atoms with Crippen LogP contribution >= 0.6 is 11.8 Å². The van der Waals surface area contributed by atoms with Crippen molar-refractivity contribution >= 4 is 29.7 Å². The van der Waals surface area contributed by atoms with Gasteiger partial charge in [0.1, 0.15) is 6.10 Å². The molecule has 10 atom stereocenters. The summed E-state index contributed by atoms with van der Waals surface area (Å²) < 4.78 is 6.10. The van der Waals surface area contributed by atoms with Crippen LogP contribution in [-0.4, -0.2) is 46.7 Å². The summed E-state index contributed by atoms with van der Waals surface area (Å²) in [5.74, 6) is -0.785. The minimum absolute atomic E-state index is 0. The van der Waals surface area contributed by atoms with E-state index in [2.05, 4.69) is 47.6 Å². The van der Waals surface area contributed by atoms with Crippen LogP contribution in [0, 0.1) is 50.2 Å². The smallest absolute Gasteiger partial charge is 0.548 e. The number of thioether (sulfide) groups is 1. The molecule has 3 N–H and O–H groups in total. The molecular formula is C35H54KNO6S. The Labute approximate surface area is 311 Å². The molecule has 242 valence electrons. The SMILES string of the molecule is CC1(C)C(OC(=O)CSC[C@H](N)C(=O)[O-])CC[C@]2(C)[C@H]3CC=C4[C@@H]5C[C@@](C)(C(=O)O)CC[C@]5(C)CC[C@@]4(C)[C@]3(C)CC[C@@H]12.[K+]. The molecular weight excluding hydrogens is 602 g/mol. The fourth-order valence-corrected chi connectivity index (χ4v) is 12.0. The number of carbonyl (C=O) groups excluding carboxylic acids is 2. The first-order valence-electron chi connectivity index (χ1n) is 16.5. The number of allylic oxidation sites excluding steroid dienone is 2. The van der Waals surface area contributed by atoms with E-state index in [1.165, 1.54) is 24.6 Å². The molecule has 0 heterocycles. The average molecular weight is 656 g/mol. The van der Waals surface area contributed by atoms with Crippen LogP contribution in [0.1, 0.15) is 113 Å². The second-order valence-corrected chi connectivity index (χ2v) is 17.9. The van der Waals surface area contributed by atoms with E-state index in [0.29, 0.717) is 17.8 Å². The van der Waals surface area contributed by atoms with Gasteiger partial charge in [-0.15, -0.1) is 11.8 Å². The first-order valence-corrected chi connectivity index (χ1v) is 17.7. The van der Waals surface area contributed by atoms with Crippen LogP contribution in [0.15, 0.2) is 11.6 Å². The molecule has 9 heteroatoms. The molecule has 7 nitrogen and oxygen atoms in total. The van der Waals surface area contributed by atoms with E-state index in [0.717, 1.165) is 51.4 Å². The standard InChI is InChI=1S/C35H55NO6S.K/c1-30(2)24-10-13-35(7)25(33(24,5)12-11-26(30)42-27(37)20-43-19-23(36)28(38)39)9-8-21-22-18-32(4,29(40)41)15-14-31(22,3)16-17-34(21,35)6;/h8,22-26H,9-20,36H2,1-7H3,(H,38,39)(H,40,41);/q;+1/p-1/t22-,23-,24-,25+,26?,31+,32-,33-,34+,35+;/m0./s1. The third-order valence-electron chi connectivity index (χ3n) is 14.4. The molecule has 0 saturated heterocycles. The molecule has 5 aliphatic carbocycles. The summed E-state index contributed by atoms with van der Waals surface area (Å²) in [5, 5.41) is 21.1. The Bertz CT molecular complexity index is 1210. The zero-order valence-corrected chi connectivity index (χ0v) is 32.4. The van der Waals surface area contributed by atoms with Gasteiger partial charge in [-0.1, -0.05) is 53.2 Å². The van der Waals surface area contributed by atoms with Crippen molar-refractivity contribution in [3.05, 3.63) is 11.6 Å². The van der Waals surface area contributed by atoms with Crippen molar-refractivity contribution < 1.29 is 80.7 Å². The number of hydrogen-bond donors (Lipinski definition) is 2. The first kappa shape index (κ1) is 36.9. The fraction of sp³-hybridized carbons (Fsp3) is 0.857. The number of carboxylic acids is 2. The number of rotatable bonds is 7. The molecule has 0 aromatic heterocycles. The molecule has 0 aromatic rings. The average Bonchev–Trinajstić information content (AvgIpc) is 2.91. The monoisotopic (exact) mass is 655 g/mol. The Balaban J connectivity index is 0.00000442. The normalized spacial score (nSPS) is 44.7. The van der Waals surface area contributed by atoms with Crippen LogP contribution in [0.4, 0.5) is 0 Å². The van der Waals surface area contributed by atoms with E-state index < -0.39 is 23.4 Å². The van der Waals surface area contributed by atoms with Gasteiger partial charge in [-0.05, 0) is 111 Å². The van der Waals surface area contributed by atoms with Gasteiger partial charge in [0.05, 0.1) is 23.2 Å². The van der Waals surface area contributed by atoms with Gasteiger partial charge in [0.15, 0.2) is 0 Å². The summed E-state index contributed by atoms with van der Waals surface area (Å²) in [5.41, 5.74) is 6.75. The zero-order valence-electron chi connectivity index (χ0n) is 28.4. The predicted octanol–water partition coefficient (Wildman–Crippen LogP) is 2.60. The van der Waals surface area contributed by atoms with Crippen LogP contribution in [-0.2, 0) is 19.1 Å². The molecule has 4 saturated carbocycles. The molecule has 0 amide bonds. The number of aliphatic carboxylic acids is 2. The van der Waals surface area contributed by atoms with Gasteiger partial charge >= 0.3 is 63.3 Å². The van der Waals surface area contributed by atoms with Crippen molar-refractivity contribution in [2.24, 2.45) is 56.0 Å². The number of ether oxygens (including phenoxy) is 1. The number of carbonyl (C=O) groups is 3. The van der Waals surface area contributed by atoms with Gasteiger partial charge in [-0.25, -0.2) is 0 Å². The third kappa shape index (κ3) is 5.76. The van der Waals surface area contributed by atoms with Crippen LogP contribution in [0.2, 0.25) is 0 Å². The van der Waals surface area contributed by atoms with Gasteiger partial charge in [0, 0.05) is 11.2 Å². The molecule has 4 fully saturated rings. The molecule has 0 spiro atoms. The van der Waals surface area contributed by atoms with Gasteiger partial charge in [-0.3, -0.25) is 9.59 Å². The zero-order chi connectivity index (χ0) is 31.8. The van der Waals surface area contributed by atoms with E-state index in [9.17, 15) is 24.6 Å². The summed E-state index contributed by atoms with van der Waals surface area (Å²) in [6, 6.07) is -1.09. The molecule has 0 aliphatic heterocycles. The van der Waals surface area contributed by atoms with Gasteiger partial charge in [-0.2, -0.15) is 0 Å². The molecule has 0 radical (unpaired) electrons. The summed E-state index contributed by atoms with van der Waals surface area (Å²) in [6.07, 6.45) is 12.4. The Kier molecular flexibility index (Phi) is 10.5. The summed E-state index contributed by atoms with van der Waals surface area (Å²) in [6.45, 7) is 16.5. The Morgan fingerprint density at radius 3 is 2.30 bits per heavy atom. The molecule has 1 unspecified atom stereocenters. The Hall–Kier alpha value is 0.0964. The van der Waals surface area contributed by atoms with Gasteiger partial charge in [0.2, 0.25) is 0 Å². The molecule has 5 rings (SSSR count). The number of carboxylic acid groups (broad SMARTS) is 2. The van der Waals surface area contributed by atoms with E-state index >= 15 is 0 Å². The second kappa shape index (κ2) is 12.5. The molecule has 0 bridgehead atoms. The minimum atomic E-state index is -1.31. The second-order valence-electron chi connectivity index (χ2n) is 16.9. The topological polar surface area (TPSA) is 130 Å². The number of esters is 1. The van der Waals surface area contributed by atoms with Crippen molar-refractivity contribution in [1.82, 2.24) is 0 Å². The Morgan fingerprint density at radius 1 is 1.00 bits per heavy atom. The van der Waals surface area contributed by atoms with Crippen molar-refractivity contribution in [3.8, 4) is 0 Å².